The van der Waals surface area contributed by atoms with Crippen molar-refractivity contribution in [3.63, 3.8) is 0 Å². The van der Waals surface area contributed by atoms with E-state index in [1.807, 2.05) is 7.11 Å². The van der Waals surface area contributed by atoms with Crippen LogP contribution in [0.3, 0.4) is 0 Å². The molecule has 2 aliphatic rings. The fraction of sp³-hybridized carbons (Fsp3) is 1.00. The molecular formula is C11H22N2O. The summed E-state index contributed by atoms with van der Waals surface area (Å²) in [5.41, 5.74) is 0. The molecule has 0 saturated carbocycles. The first kappa shape index (κ1) is 10.4. The molecule has 3 heteroatoms. The summed E-state index contributed by atoms with van der Waals surface area (Å²) in [4.78, 5) is 5.14. The van der Waals surface area contributed by atoms with Crippen LogP contribution in [-0.4, -0.2) is 61.3 Å². The number of nitrogens with zero attached hydrogens (tertiary/aromatic N) is 2. The molecule has 0 aliphatic carbocycles. The first-order valence-corrected chi connectivity index (χ1v) is 5.71. The van der Waals surface area contributed by atoms with Gasteiger partial charge in [-0.15, -0.1) is 0 Å². The molecule has 0 aromatic heterocycles. The van der Waals surface area contributed by atoms with Crippen LogP contribution in [0.25, 0.3) is 0 Å². The minimum atomic E-state index is 0.503. The fourth-order valence-electron chi connectivity index (χ4n) is 2.45. The topological polar surface area (TPSA) is 15.7 Å². The average molecular weight is 198 g/mol. The van der Waals surface area contributed by atoms with E-state index < -0.39 is 0 Å². The largest absolute Gasteiger partial charge is 0.379 e. The lowest BCUT2D eigenvalue weighted by Crippen LogP contribution is -2.56. The van der Waals surface area contributed by atoms with Gasteiger partial charge in [-0.1, -0.05) is 0 Å². The highest BCUT2D eigenvalue weighted by Crippen LogP contribution is 2.23. The summed E-state index contributed by atoms with van der Waals surface area (Å²) in [6.07, 6.45) is 1.84. The van der Waals surface area contributed by atoms with Crippen LogP contribution in [0.2, 0.25) is 0 Å². The maximum Gasteiger partial charge on any atom is 0.0825 e. The van der Waals surface area contributed by atoms with Gasteiger partial charge in [0.25, 0.3) is 0 Å². The highest BCUT2D eigenvalue weighted by molar-refractivity contribution is 4.92. The zero-order valence-electron chi connectivity index (χ0n) is 9.57. The molecule has 82 valence electrons. The van der Waals surface area contributed by atoms with Crippen LogP contribution >= 0.6 is 0 Å². The number of methoxy groups -OCH3 is 1. The van der Waals surface area contributed by atoms with Crippen LogP contribution < -0.4 is 0 Å². The molecule has 0 amide bonds. The number of likely N-dealkylation sites (tertiary alicyclic amines) is 2. The summed E-state index contributed by atoms with van der Waals surface area (Å²) >= 11 is 0. The highest BCUT2D eigenvalue weighted by atomic mass is 16.5. The first-order valence-electron chi connectivity index (χ1n) is 5.71. The molecule has 2 rings (SSSR count). The number of hydrogen-bond donors (Lipinski definition) is 0. The fourth-order valence-corrected chi connectivity index (χ4v) is 2.45. The standard InChI is InChI=1S/C11H22N2O/c1-9(2)12-5-4-10(6-12)13-7-11(8-13)14-3/h9-11H,4-8H2,1-3H3/t10-/m0/s1. The van der Waals surface area contributed by atoms with E-state index in [1.165, 1.54) is 19.5 Å². The zero-order chi connectivity index (χ0) is 10.1. The summed E-state index contributed by atoms with van der Waals surface area (Å²) in [6.45, 7) is 9.40. The molecule has 2 fully saturated rings. The number of ether oxygens (including phenoxy) is 1. The van der Waals surface area contributed by atoms with Crippen molar-refractivity contribution in [3.8, 4) is 0 Å². The smallest absolute Gasteiger partial charge is 0.0825 e. The normalized spacial score (nSPS) is 31.3. The van der Waals surface area contributed by atoms with Gasteiger partial charge in [-0.05, 0) is 20.3 Å². The molecule has 1 atom stereocenters. The Kier molecular flexibility index (Phi) is 3.10. The van der Waals surface area contributed by atoms with Gasteiger partial charge in [0.05, 0.1) is 6.10 Å². The first-order chi connectivity index (χ1) is 6.70. The summed E-state index contributed by atoms with van der Waals surface area (Å²) in [6, 6.07) is 1.50. The van der Waals surface area contributed by atoms with E-state index in [0.29, 0.717) is 12.1 Å². The summed E-state index contributed by atoms with van der Waals surface area (Å²) in [5.74, 6) is 0. The van der Waals surface area contributed by atoms with E-state index in [1.54, 1.807) is 0 Å². The summed E-state index contributed by atoms with van der Waals surface area (Å²) in [7, 11) is 1.82. The Morgan fingerprint density at radius 2 is 1.93 bits per heavy atom. The van der Waals surface area contributed by atoms with Crippen LogP contribution in [0.5, 0.6) is 0 Å². The Morgan fingerprint density at radius 3 is 2.43 bits per heavy atom. The Bertz CT molecular complexity index is 190. The molecule has 0 aromatic carbocycles. The molecule has 2 aliphatic heterocycles. The van der Waals surface area contributed by atoms with Crippen molar-refractivity contribution >= 4 is 0 Å². The minimum Gasteiger partial charge on any atom is -0.379 e. The van der Waals surface area contributed by atoms with Crippen LogP contribution in [0.1, 0.15) is 20.3 Å². The lowest BCUT2D eigenvalue weighted by atomic mass is 10.1. The predicted octanol–water partition coefficient (Wildman–Crippen LogP) is 0.800. The van der Waals surface area contributed by atoms with Crippen LogP contribution in [0, 0.1) is 0 Å². The van der Waals surface area contributed by atoms with E-state index in [-0.39, 0.29) is 0 Å². The van der Waals surface area contributed by atoms with Gasteiger partial charge in [-0.3, -0.25) is 9.80 Å². The Balaban J connectivity index is 1.74. The highest BCUT2D eigenvalue weighted by Gasteiger charge is 2.36. The van der Waals surface area contributed by atoms with Crippen molar-refractivity contribution in [3.05, 3.63) is 0 Å². The van der Waals surface area contributed by atoms with E-state index in [0.717, 1.165) is 19.1 Å². The van der Waals surface area contributed by atoms with Crippen LogP contribution in [0.15, 0.2) is 0 Å². The second kappa shape index (κ2) is 4.17. The van der Waals surface area contributed by atoms with Crippen molar-refractivity contribution in [2.45, 2.75) is 38.5 Å². The van der Waals surface area contributed by atoms with Gasteiger partial charge in [-0.25, -0.2) is 0 Å². The third-order valence-corrected chi connectivity index (χ3v) is 3.65. The third-order valence-electron chi connectivity index (χ3n) is 3.65. The lowest BCUT2D eigenvalue weighted by molar-refractivity contribution is -0.0487. The Hall–Kier alpha value is -0.120. The van der Waals surface area contributed by atoms with Gasteiger partial charge in [0.2, 0.25) is 0 Å². The third kappa shape index (κ3) is 1.95. The maximum atomic E-state index is 5.29. The summed E-state index contributed by atoms with van der Waals surface area (Å²) < 4.78 is 5.29. The van der Waals surface area contributed by atoms with Crippen molar-refractivity contribution in [2.75, 3.05) is 33.3 Å². The molecule has 0 spiro atoms. The molecule has 14 heavy (non-hydrogen) atoms. The maximum absolute atomic E-state index is 5.29. The summed E-state index contributed by atoms with van der Waals surface area (Å²) in [5, 5.41) is 0. The number of rotatable bonds is 3. The van der Waals surface area contributed by atoms with Crippen molar-refractivity contribution < 1.29 is 4.74 Å². The lowest BCUT2D eigenvalue weighted by Gasteiger charge is -2.42. The molecule has 3 nitrogen and oxygen atoms in total. The second-order valence-corrected chi connectivity index (χ2v) is 4.84. The van der Waals surface area contributed by atoms with Gasteiger partial charge in [0.1, 0.15) is 0 Å². The van der Waals surface area contributed by atoms with Crippen molar-refractivity contribution in [1.82, 2.24) is 9.80 Å². The molecule has 2 heterocycles. The quantitative estimate of drug-likeness (QED) is 0.667. The Labute approximate surface area is 87.0 Å². The van der Waals surface area contributed by atoms with Gasteiger partial charge >= 0.3 is 0 Å². The monoisotopic (exact) mass is 198 g/mol. The molecule has 0 bridgehead atoms. The predicted molar refractivity (Wildman–Crippen MR) is 57.5 cm³/mol. The van der Waals surface area contributed by atoms with Crippen LogP contribution in [-0.2, 0) is 4.74 Å². The molecular weight excluding hydrogens is 176 g/mol. The minimum absolute atomic E-state index is 0.503. The van der Waals surface area contributed by atoms with Crippen LogP contribution in [0.4, 0.5) is 0 Å². The average Bonchev–Trinajstić information content (AvgIpc) is 2.51. The van der Waals surface area contributed by atoms with Gasteiger partial charge in [0.15, 0.2) is 0 Å². The Morgan fingerprint density at radius 1 is 1.21 bits per heavy atom. The SMILES string of the molecule is COC1CN([C@H]2CCN(C(C)C)C2)C1. The molecule has 0 unspecified atom stereocenters. The van der Waals surface area contributed by atoms with Gasteiger partial charge < -0.3 is 4.74 Å². The van der Waals surface area contributed by atoms with E-state index in [2.05, 4.69) is 23.6 Å². The van der Waals surface area contributed by atoms with Crippen molar-refractivity contribution in [2.24, 2.45) is 0 Å². The second-order valence-electron chi connectivity index (χ2n) is 4.84. The molecule has 2 saturated heterocycles. The zero-order valence-corrected chi connectivity index (χ0v) is 9.57. The van der Waals surface area contributed by atoms with Gasteiger partial charge in [-0.2, -0.15) is 0 Å². The molecule has 0 N–H and O–H groups in total. The van der Waals surface area contributed by atoms with E-state index in [9.17, 15) is 0 Å². The molecule has 0 radical (unpaired) electrons. The van der Waals surface area contributed by atoms with E-state index >= 15 is 0 Å². The molecule has 0 aromatic rings. The van der Waals surface area contributed by atoms with Crippen molar-refractivity contribution in [1.29, 1.82) is 0 Å². The van der Waals surface area contributed by atoms with Gasteiger partial charge in [0, 0.05) is 45.4 Å². The number of hydrogen-bond acceptors (Lipinski definition) is 3. The van der Waals surface area contributed by atoms with E-state index in [4.69, 9.17) is 4.74 Å².